The predicted molar refractivity (Wildman–Crippen MR) is 151 cm³/mol. The zero-order valence-corrected chi connectivity index (χ0v) is 22.4. The smallest absolute Gasteiger partial charge is 0.406 e. The van der Waals surface area contributed by atoms with Crippen molar-refractivity contribution in [3.8, 4) is 28.3 Å². The van der Waals surface area contributed by atoms with Crippen LogP contribution in [0.4, 0.5) is 18.9 Å². The van der Waals surface area contributed by atoms with E-state index < -0.39 is 6.36 Å². The number of benzene rings is 3. The number of aryl methyl sites for hydroxylation is 4. The third kappa shape index (κ3) is 5.80. The van der Waals surface area contributed by atoms with E-state index in [1.807, 2.05) is 51.2 Å². The molecule has 0 saturated heterocycles. The molecule has 1 heterocycles. The number of para-hydroxylation sites is 1. The molecule has 0 atom stereocenters. The number of ether oxygens (including phenoxy) is 1. The number of hydrazone groups is 1. The topological polar surface area (TPSA) is 63.5 Å². The normalized spacial score (nSPS) is 12.7. The Bertz CT molecular complexity index is 1560. The van der Waals surface area contributed by atoms with Gasteiger partial charge in [-0.05, 0) is 91.5 Å². The molecule has 0 fully saturated rings. The lowest BCUT2D eigenvalue weighted by Gasteiger charge is -2.17. The van der Waals surface area contributed by atoms with Crippen LogP contribution in [0.2, 0.25) is 0 Å². The van der Waals surface area contributed by atoms with Crippen molar-refractivity contribution < 1.29 is 17.9 Å². The number of hydrogen-bond acceptors (Lipinski definition) is 4. The fraction of sp³-hybridized carbons (Fsp3) is 0.207. The molecule has 1 aromatic heterocycles. The summed E-state index contributed by atoms with van der Waals surface area (Å²) in [6.45, 7) is 4.04. The van der Waals surface area contributed by atoms with Crippen LogP contribution in [0.25, 0.3) is 22.5 Å². The Labute approximate surface area is 229 Å². The SMILES string of the molecule is Cc1cccc(C)c1NC(=S)N/N=C\c1ccc2c(c1)CCc1c-2nn(C)c1-c1ccc(OC(F)(F)F)cc1. The first-order valence-electron chi connectivity index (χ1n) is 12.3. The predicted octanol–water partition coefficient (Wildman–Crippen LogP) is 6.69. The second kappa shape index (κ2) is 10.5. The lowest BCUT2D eigenvalue weighted by molar-refractivity contribution is -0.274. The van der Waals surface area contributed by atoms with Crippen molar-refractivity contribution in [3.63, 3.8) is 0 Å². The number of thiocarbonyl (C=S) groups is 1. The molecular formula is C29H26F3N5OS. The summed E-state index contributed by atoms with van der Waals surface area (Å²) in [5.41, 5.74) is 12.8. The van der Waals surface area contributed by atoms with Crippen LogP contribution in [0, 0.1) is 13.8 Å². The molecule has 0 spiro atoms. The number of alkyl halides is 3. The van der Waals surface area contributed by atoms with E-state index in [2.05, 4.69) is 26.6 Å². The van der Waals surface area contributed by atoms with Gasteiger partial charge in [-0.15, -0.1) is 13.2 Å². The first-order chi connectivity index (χ1) is 18.6. The van der Waals surface area contributed by atoms with Crippen molar-refractivity contribution in [2.45, 2.75) is 33.1 Å². The molecule has 0 amide bonds. The van der Waals surface area contributed by atoms with Gasteiger partial charge in [0.25, 0.3) is 0 Å². The number of hydrogen-bond donors (Lipinski definition) is 2. The monoisotopic (exact) mass is 549 g/mol. The van der Waals surface area contributed by atoms with Crippen LogP contribution in [0.15, 0.2) is 65.8 Å². The van der Waals surface area contributed by atoms with E-state index in [1.54, 1.807) is 23.0 Å². The van der Waals surface area contributed by atoms with Gasteiger partial charge in [-0.3, -0.25) is 10.1 Å². The summed E-state index contributed by atoms with van der Waals surface area (Å²) in [6, 6.07) is 18.0. The summed E-state index contributed by atoms with van der Waals surface area (Å²) < 4.78 is 43.4. The maximum absolute atomic E-state index is 12.5. The maximum Gasteiger partial charge on any atom is 0.573 e. The Morgan fingerprint density at radius 3 is 2.46 bits per heavy atom. The van der Waals surface area contributed by atoms with Crippen LogP contribution in [-0.2, 0) is 19.9 Å². The molecule has 0 radical (unpaired) electrons. The average molecular weight is 550 g/mol. The molecule has 39 heavy (non-hydrogen) atoms. The minimum atomic E-state index is -4.72. The molecule has 0 bridgehead atoms. The van der Waals surface area contributed by atoms with Gasteiger partial charge in [0.2, 0.25) is 0 Å². The van der Waals surface area contributed by atoms with Gasteiger partial charge in [0.05, 0.1) is 17.6 Å². The summed E-state index contributed by atoms with van der Waals surface area (Å²) in [5, 5.41) is 12.7. The molecule has 2 N–H and O–H groups in total. The molecule has 0 aliphatic heterocycles. The first kappa shape index (κ1) is 26.4. The van der Waals surface area contributed by atoms with Crippen molar-refractivity contribution in [2.24, 2.45) is 12.1 Å². The van der Waals surface area contributed by atoms with Crippen LogP contribution in [-0.4, -0.2) is 27.5 Å². The molecule has 6 nitrogen and oxygen atoms in total. The maximum atomic E-state index is 12.5. The zero-order valence-electron chi connectivity index (χ0n) is 21.6. The van der Waals surface area contributed by atoms with Gasteiger partial charge < -0.3 is 10.1 Å². The molecule has 1 aliphatic carbocycles. The summed E-state index contributed by atoms with van der Waals surface area (Å²) >= 11 is 5.39. The van der Waals surface area contributed by atoms with Gasteiger partial charge in [-0.2, -0.15) is 10.2 Å². The zero-order chi connectivity index (χ0) is 27.7. The number of rotatable bonds is 5. The molecule has 10 heteroatoms. The van der Waals surface area contributed by atoms with Gasteiger partial charge in [0.1, 0.15) is 5.75 Å². The highest BCUT2D eigenvalue weighted by molar-refractivity contribution is 7.80. The molecule has 3 aromatic carbocycles. The van der Waals surface area contributed by atoms with Gasteiger partial charge in [0.15, 0.2) is 5.11 Å². The van der Waals surface area contributed by atoms with Crippen molar-refractivity contribution in [2.75, 3.05) is 5.32 Å². The van der Waals surface area contributed by atoms with Gasteiger partial charge in [-0.1, -0.05) is 30.3 Å². The quantitative estimate of drug-likeness (QED) is 0.165. The van der Waals surface area contributed by atoms with E-state index in [9.17, 15) is 13.2 Å². The van der Waals surface area contributed by atoms with Gasteiger partial charge >= 0.3 is 6.36 Å². The minimum Gasteiger partial charge on any atom is -0.406 e. The van der Waals surface area contributed by atoms with Gasteiger partial charge in [0, 0.05) is 29.4 Å². The van der Waals surface area contributed by atoms with Crippen LogP contribution in [0.3, 0.4) is 0 Å². The van der Waals surface area contributed by atoms with E-state index >= 15 is 0 Å². The van der Waals surface area contributed by atoms with Gasteiger partial charge in [-0.25, -0.2) is 0 Å². The molecule has 0 saturated carbocycles. The average Bonchev–Trinajstić information content (AvgIpc) is 3.22. The van der Waals surface area contributed by atoms with E-state index in [-0.39, 0.29) is 5.75 Å². The van der Waals surface area contributed by atoms with Crippen molar-refractivity contribution >= 4 is 29.2 Å². The molecular weight excluding hydrogens is 523 g/mol. The van der Waals surface area contributed by atoms with E-state index in [0.29, 0.717) is 5.11 Å². The fourth-order valence-corrected chi connectivity index (χ4v) is 5.06. The molecule has 200 valence electrons. The highest BCUT2D eigenvalue weighted by Gasteiger charge is 2.31. The number of aromatic nitrogens is 2. The Balaban J connectivity index is 1.31. The number of nitrogens with one attached hydrogen (secondary N) is 2. The van der Waals surface area contributed by atoms with E-state index in [4.69, 9.17) is 17.3 Å². The Hall–Kier alpha value is -4.18. The summed E-state index contributed by atoms with van der Waals surface area (Å²) in [6.07, 6.45) is -1.43. The van der Waals surface area contributed by atoms with Crippen LogP contribution < -0.4 is 15.5 Å². The molecule has 0 unspecified atom stereocenters. The number of nitrogens with zero attached hydrogens (tertiary/aromatic N) is 3. The lowest BCUT2D eigenvalue weighted by Crippen LogP contribution is -2.24. The van der Waals surface area contributed by atoms with Crippen LogP contribution in [0.5, 0.6) is 5.75 Å². The molecule has 5 rings (SSSR count). The van der Waals surface area contributed by atoms with E-state index in [1.165, 1.54) is 12.1 Å². The number of fused-ring (bicyclic) bond motifs is 3. The third-order valence-corrected chi connectivity index (χ3v) is 6.83. The Kier molecular flexibility index (Phi) is 7.14. The highest BCUT2D eigenvalue weighted by Crippen LogP contribution is 2.39. The highest BCUT2D eigenvalue weighted by atomic mass is 32.1. The third-order valence-electron chi connectivity index (χ3n) is 6.63. The summed E-state index contributed by atoms with van der Waals surface area (Å²) in [4.78, 5) is 0. The molecule has 1 aliphatic rings. The first-order valence-corrected chi connectivity index (χ1v) is 12.7. The Morgan fingerprint density at radius 1 is 1.05 bits per heavy atom. The molecule has 4 aromatic rings. The summed E-state index contributed by atoms with van der Waals surface area (Å²) in [7, 11) is 1.84. The van der Waals surface area contributed by atoms with Crippen molar-refractivity contribution in [1.82, 2.24) is 15.2 Å². The minimum absolute atomic E-state index is 0.252. The fourth-order valence-electron chi connectivity index (χ4n) is 4.91. The Morgan fingerprint density at radius 2 is 1.77 bits per heavy atom. The van der Waals surface area contributed by atoms with Crippen molar-refractivity contribution in [3.05, 3.63) is 88.5 Å². The second-order valence-electron chi connectivity index (χ2n) is 9.38. The second-order valence-corrected chi connectivity index (χ2v) is 9.79. The standard InChI is InChI=1S/C29H26F3N5OS/c1-17-5-4-6-18(2)25(17)34-28(39)35-33-16-19-7-13-23-21(15-19)10-14-24-26(23)36-37(3)27(24)20-8-11-22(12-9-20)38-29(30,31)32/h4-9,11-13,15-16H,10,14H2,1-3H3,(H2,34,35,39)/b33-16-. The number of halogens is 3. The van der Waals surface area contributed by atoms with Crippen LogP contribution >= 0.6 is 12.2 Å². The summed E-state index contributed by atoms with van der Waals surface area (Å²) in [5.74, 6) is -0.252. The van der Waals surface area contributed by atoms with Crippen LogP contribution in [0.1, 0.15) is 27.8 Å². The van der Waals surface area contributed by atoms with E-state index in [0.717, 1.165) is 68.9 Å². The number of anilines is 1. The van der Waals surface area contributed by atoms with Crippen molar-refractivity contribution in [1.29, 1.82) is 0 Å². The largest absolute Gasteiger partial charge is 0.573 e. The lowest BCUT2D eigenvalue weighted by atomic mass is 9.87.